The Morgan fingerprint density at radius 2 is 2.35 bits per heavy atom. The van der Waals surface area contributed by atoms with E-state index in [2.05, 4.69) is 5.32 Å². The van der Waals surface area contributed by atoms with Crippen molar-refractivity contribution in [1.82, 2.24) is 5.32 Å². The maximum atomic E-state index is 11.0. The molecule has 0 aromatic rings. The summed E-state index contributed by atoms with van der Waals surface area (Å²) in [6.45, 7) is 7.03. The molecule has 2 N–H and O–H groups in total. The summed E-state index contributed by atoms with van der Waals surface area (Å²) in [5, 5.41) is 12.9. The summed E-state index contributed by atoms with van der Waals surface area (Å²) in [6.07, 6.45) is 4.46. The molecule has 4 heteroatoms. The summed E-state index contributed by atoms with van der Waals surface area (Å²) < 4.78 is 5.34. The second-order valence-electron chi connectivity index (χ2n) is 5.17. The van der Waals surface area contributed by atoms with Gasteiger partial charge in [0.1, 0.15) is 0 Å². The Morgan fingerprint density at radius 3 is 2.88 bits per heavy atom. The number of hydrogen-bond donors (Lipinski definition) is 2. The second kappa shape index (κ2) is 6.17. The molecule has 0 saturated carbocycles. The summed E-state index contributed by atoms with van der Waals surface area (Å²) in [5.41, 5.74) is -0.310. The molecule has 1 amide bonds. The van der Waals surface area contributed by atoms with Crippen molar-refractivity contribution in [3.8, 4) is 0 Å². The van der Waals surface area contributed by atoms with E-state index in [1.54, 1.807) is 6.08 Å². The van der Waals surface area contributed by atoms with E-state index in [1.807, 2.05) is 26.8 Å². The minimum Gasteiger partial charge on any atom is -0.388 e. The summed E-state index contributed by atoms with van der Waals surface area (Å²) >= 11 is 0. The van der Waals surface area contributed by atoms with Crippen LogP contribution in [0, 0.1) is 5.41 Å². The standard InChI is InChI=1S/C13H23NO3/c1-4-17-9-13(2,3)11(15)7-5-10-6-8-12(16)14-10/h5,7,10-11,15H,4,6,8-9H2,1-3H3,(H,14,16). The summed E-state index contributed by atoms with van der Waals surface area (Å²) in [5.74, 6) is 0.0858. The van der Waals surface area contributed by atoms with Crippen LogP contribution in [0.25, 0.3) is 0 Å². The minimum atomic E-state index is -0.563. The van der Waals surface area contributed by atoms with Crippen molar-refractivity contribution in [3.05, 3.63) is 12.2 Å². The van der Waals surface area contributed by atoms with Crippen LogP contribution >= 0.6 is 0 Å². The molecule has 2 unspecified atom stereocenters. The van der Waals surface area contributed by atoms with Gasteiger partial charge in [0.2, 0.25) is 5.91 Å². The van der Waals surface area contributed by atoms with Gasteiger partial charge in [0, 0.05) is 24.5 Å². The summed E-state index contributed by atoms with van der Waals surface area (Å²) in [6, 6.07) is 0.0695. The lowest BCUT2D eigenvalue weighted by molar-refractivity contribution is -0.119. The van der Waals surface area contributed by atoms with Gasteiger partial charge in [-0.05, 0) is 13.3 Å². The van der Waals surface area contributed by atoms with Crippen LogP contribution in [0.2, 0.25) is 0 Å². The SMILES string of the molecule is CCOCC(C)(C)C(O)C=CC1CCC(=O)N1. The molecule has 1 fully saturated rings. The number of carbonyl (C=O) groups excluding carboxylic acids is 1. The monoisotopic (exact) mass is 241 g/mol. The Morgan fingerprint density at radius 1 is 1.65 bits per heavy atom. The van der Waals surface area contributed by atoms with Crippen LogP contribution in [0.4, 0.5) is 0 Å². The molecule has 1 rings (SSSR count). The quantitative estimate of drug-likeness (QED) is 0.688. The number of aliphatic hydroxyl groups excluding tert-OH is 1. The third-order valence-corrected chi connectivity index (χ3v) is 3.03. The van der Waals surface area contributed by atoms with E-state index >= 15 is 0 Å². The molecule has 0 aromatic heterocycles. The van der Waals surface area contributed by atoms with E-state index in [0.29, 0.717) is 19.6 Å². The fraction of sp³-hybridized carbons (Fsp3) is 0.769. The molecule has 1 heterocycles. The number of ether oxygens (including phenoxy) is 1. The van der Waals surface area contributed by atoms with Crippen LogP contribution in [0.3, 0.4) is 0 Å². The second-order valence-corrected chi connectivity index (χ2v) is 5.17. The average Bonchev–Trinajstić information content (AvgIpc) is 2.69. The molecular formula is C13H23NO3. The van der Waals surface area contributed by atoms with E-state index in [-0.39, 0.29) is 17.4 Å². The van der Waals surface area contributed by atoms with Crippen molar-refractivity contribution < 1.29 is 14.6 Å². The Balaban J connectivity index is 2.44. The molecule has 2 atom stereocenters. The largest absolute Gasteiger partial charge is 0.388 e. The van der Waals surface area contributed by atoms with E-state index in [0.717, 1.165) is 6.42 Å². The van der Waals surface area contributed by atoms with Crippen molar-refractivity contribution in [2.45, 2.75) is 45.8 Å². The highest BCUT2D eigenvalue weighted by Gasteiger charge is 2.26. The predicted octanol–water partition coefficient (Wildman–Crippen LogP) is 1.24. The molecule has 1 aliphatic rings. The fourth-order valence-corrected chi connectivity index (χ4v) is 1.73. The van der Waals surface area contributed by atoms with Crippen LogP contribution in [-0.4, -0.2) is 36.4 Å². The number of rotatable bonds is 6. The van der Waals surface area contributed by atoms with Gasteiger partial charge in [0.15, 0.2) is 0 Å². The normalized spacial score (nSPS) is 23.1. The molecular weight excluding hydrogens is 218 g/mol. The molecule has 1 aliphatic heterocycles. The topological polar surface area (TPSA) is 58.6 Å². The predicted molar refractivity (Wildman–Crippen MR) is 66.6 cm³/mol. The highest BCUT2D eigenvalue weighted by molar-refractivity contribution is 5.78. The Kier molecular flexibility index (Phi) is 5.15. The van der Waals surface area contributed by atoms with Gasteiger partial charge in [0.25, 0.3) is 0 Å². The first-order chi connectivity index (χ1) is 7.95. The molecule has 0 bridgehead atoms. The highest BCUT2D eigenvalue weighted by Crippen LogP contribution is 2.22. The van der Waals surface area contributed by atoms with Gasteiger partial charge < -0.3 is 15.2 Å². The third kappa shape index (κ3) is 4.48. The first-order valence-corrected chi connectivity index (χ1v) is 6.19. The molecule has 98 valence electrons. The van der Waals surface area contributed by atoms with Crippen LogP contribution < -0.4 is 5.32 Å². The Hall–Kier alpha value is -0.870. The summed E-state index contributed by atoms with van der Waals surface area (Å²) in [7, 11) is 0. The molecule has 0 aromatic carbocycles. The zero-order valence-electron chi connectivity index (χ0n) is 10.9. The molecule has 0 spiro atoms. The van der Waals surface area contributed by atoms with E-state index in [1.165, 1.54) is 0 Å². The lowest BCUT2D eigenvalue weighted by atomic mass is 9.87. The number of aliphatic hydroxyl groups is 1. The van der Waals surface area contributed by atoms with Crippen molar-refractivity contribution >= 4 is 5.91 Å². The van der Waals surface area contributed by atoms with Crippen LogP contribution in [-0.2, 0) is 9.53 Å². The van der Waals surface area contributed by atoms with Gasteiger partial charge in [-0.1, -0.05) is 26.0 Å². The molecule has 0 radical (unpaired) electrons. The lowest BCUT2D eigenvalue weighted by Gasteiger charge is -2.28. The van der Waals surface area contributed by atoms with Gasteiger partial charge in [-0.15, -0.1) is 0 Å². The van der Waals surface area contributed by atoms with Gasteiger partial charge in [-0.3, -0.25) is 4.79 Å². The van der Waals surface area contributed by atoms with Crippen molar-refractivity contribution in [2.24, 2.45) is 5.41 Å². The van der Waals surface area contributed by atoms with E-state index < -0.39 is 6.10 Å². The first kappa shape index (κ1) is 14.2. The van der Waals surface area contributed by atoms with Gasteiger partial charge in [-0.25, -0.2) is 0 Å². The van der Waals surface area contributed by atoms with Crippen molar-refractivity contribution in [2.75, 3.05) is 13.2 Å². The first-order valence-electron chi connectivity index (χ1n) is 6.19. The Bertz CT molecular complexity index is 286. The number of nitrogens with one attached hydrogen (secondary N) is 1. The lowest BCUT2D eigenvalue weighted by Crippen LogP contribution is -2.33. The van der Waals surface area contributed by atoms with Crippen molar-refractivity contribution in [3.63, 3.8) is 0 Å². The smallest absolute Gasteiger partial charge is 0.220 e. The van der Waals surface area contributed by atoms with E-state index in [9.17, 15) is 9.90 Å². The maximum absolute atomic E-state index is 11.0. The van der Waals surface area contributed by atoms with E-state index in [4.69, 9.17) is 4.74 Å². The molecule has 0 aliphatic carbocycles. The number of hydrogen-bond acceptors (Lipinski definition) is 3. The zero-order chi connectivity index (χ0) is 12.9. The Labute approximate surface area is 103 Å². The number of amides is 1. The summed E-state index contributed by atoms with van der Waals surface area (Å²) in [4.78, 5) is 11.0. The third-order valence-electron chi connectivity index (χ3n) is 3.03. The molecule has 17 heavy (non-hydrogen) atoms. The van der Waals surface area contributed by atoms with Crippen LogP contribution in [0.5, 0.6) is 0 Å². The van der Waals surface area contributed by atoms with Gasteiger partial charge in [-0.2, -0.15) is 0 Å². The van der Waals surface area contributed by atoms with Gasteiger partial charge in [0.05, 0.1) is 12.7 Å². The highest BCUT2D eigenvalue weighted by atomic mass is 16.5. The fourth-order valence-electron chi connectivity index (χ4n) is 1.73. The molecule has 4 nitrogen and oxygen atoms in total. The number of carbonyl (C=O) groups is 1. The van der Waals surface area contributed by atoms with Crippen LogP contribution in [0.15, 0.2) is 12.2 Å². The van der Waals surface area contributed by atoms with Crippen molar-refractivity contribution in [1.29, 1.82) is 0 Å². The minimum absolute atomic E-state index is 0.0695. The average molecular weight is 241 g/mol. The molecule has 1 saturated heterocycles. The zero-order valence-corrected chi connectivity index (χ0v) is 10.9. The maximum Gasteiger partial charge on any atom is 0.220 e. The van der Waals surface area contributed by atoms with Gasteiger partial charge >= 0.3 is 0 Å². The van der Waals surface area contributed by atoms with Crippen LogP contribution in [0.1, 0.15) is 33.6 Å².